The standard InChI is InChI=1S/C24H30N6/c1-24(2)17-29(19-27-13-15-28(16-14-27)21-11-7-4-8-12-21)23-26-25-22(30(23)18-24)20-9-5-3-6-10-20/h3-12H,13-19H2,1-2H3. The molecule has 0 atom stereocenters. The van der Waals surface area contributed by atoms with E-state index in [-0.39, 0.29) is 5.41 Å². The number of piperazine rings is 1. The average Bonchev–Trinajstić information content (AvgIpc) is 3.18. The highest BCUT2D eigenvalue weighted by Gasteiger charge is 2.34. The number of fused-ring (bicyclic) bond motifs is 1. The molecule has 2 aromatic carbocycles. The highest BCUT2D eigenvalue weighted by Crippen LogP contribution is 2.34. The van der Waals surface area contributed by atoms with E-state index in [1.807, 2.05) is 6.07 Å². The van der Waals surface area contributed by atoms with Gasteiger partial charge in [0.15, 0.2) is 5.82 Å². The van der Waals surface area contributed by atoms with E-state index in [1.54, 1.807) is 0 Å². The molecule has 2 aliphatic rings. The molecule has 0 aliphatic carbocycles. The van der Waals surface area contributed by atoms with Crippen LogP contribution in [0.4, 0.5) is 11.6 Å². The van der Waals surface area contributed by atoms with E-state index in [4.69, 9.17) is 0 Å². The van der Waals surface area contributed by atoms with Crippen molar-refractivity contribution >= 4 is 11.6 Å². The fourth-order valence-electron chi connectivity index (χ4n) is 4.68. The van der Waals surface area contributed by atoms with Gasteiger partial charge in [-0.2, -0.15) is 0 Å². The lowest BCUT2D eigenvalue weighted by Crippen LogP contribution is -2.53. The van der Waals surface area contributed by atoms with E-state index < -0.39 is 0 Å². The Balaban J connectivity index is 1.32. The van der Waals surface area contributed by atoms with Crippen LogP contribution in [0.2, 0.25) is 0 Å². The van der Waals surface area contributed by atoms with Crippen molar-refractivity contribution in [3.63, 3.8) is 0 Å². The maximum atomic E-state index is 4.61. The third kappa shape index (κ3) is 3.79. The van der Waals surface area contributed by atoms with E-state index in [2.05, 4.69) is 97.9 Å². The first kappa shape index (κ1) is 19.1. The SMILES string of the molecule is CC1(C)CN(CN2CCN(c3ccccc3)CC2)c2nnc(-c3ccccc3)n2C1. The molecular formula is C24H30N6. The molecule has 5 rings (SSSR count). The van der Waals surface area contributed by atoms with E-state index in [9.17, 15) is 0 Å². The Morgan fingerprint density at radius 3 is 2.17 bits per heavy atom. The first-order chi connectivity index (χ1) is 14.6. The Morgan fingerprint density at radius 1 is 0.800 bits per heavy atom. The zero-order valence-electron chi connectivity index (χ0n) is 17.9. The molecule has 1 fully saturated rings. The maximum Gasteiger partial charge on any atom is 0.228 e. The van der Waals surface area contributed by atoms with Crippen molar-refractivity contribution in [2.24, 2.45) is 5.41 Å². The summed E-state index contributed by atoms with van der Waals surface area (Å²) >= 11 is 0. The number of benzene rings is 2. The largest absolute Gasteiger partial charge is 0.369 e. The summed E-state index contributed by atoms with van der Waals surface area (Å²) in [7, 11) is 0. The number of aromatic nitrogens is 3. The second-order valence-corrected chi connectivity index (χ2v) is 9.22. The summed E-state index contributed by atoms with van der Waals surface area (Å²) in [6.45, 7) is 11.8. The highest BCUT2D eigenvalue weighted by atomic mass is 15.5. The van der Waals surface area contributed by atoms with Crippen LogP contribution in [-0.4, -0.2) is 59.1 Å². The Hall–Kier alpha value is -2.86. The Bertz CT molecular complexity index is 973. The first-order valence-corrected chi connectivity index (χ1v) is 10.8. The van der Waals surface area contributed by atoms with Gasteiger partial charge in [0.25, 0.3) is 0 Å². The summed E-state index contributed by atoms with van der Waals surface area (Å²) in [4.78, 5) is 7.44. The fraction of sp³-hybridized carbons (Fsp3) is 0.417. The highest BCUT2D eigenvalue weighted by molar-refractivity contribution is 5.58. The summed E-state index contributed by atoms with van der Waals surface area (Å²) in [5.41, 5.74) is 2.62. The number of rotatable bonds is 4. The van der Waals surface area contributed by atoms with Crippen LogP contribution in [0.3, 0.4) is 0 Å². The molecule has 0 radical (unpaired) electrons. The summed E-state index contributed by atoms with van der Waals surface area (Å²) in [5, 5.41) is 9.18. The van der Waals surface area contributed by atoms with Gasteiger partial charge < -0.3 is 9.80 Å². The zero-order chi connectivity index (χ0) is 20.6. The van der Waals surface area contributed by atoms with Crippen molar-refractivity contribution in [2.75, 3.05) is 49.2 Å². The Kier molecular flexibility index (Phi) is 4.95. The average molecular weight is 403 g/mol. The zero-order valence-corrected chi connectivity index (χ0v) is 17.9. The Morgan fingerprint density at radius 2 is 1.47 bits per heavy atom. The Labute approximate surface area is 178 Å². The van der Waals surface area contributed by atoms with Crippen LogP contribution in [-0.2, 0) is 6.54 Å². The quantitative estimate of drug-likeness (QED) is 0.667. The summed E-state index contributed by atoms with van der Waals surface area (Å²) in [6.07, 6.45) is 0. The molecule has 30 heavy (non-hydrogen) atoms. The van der Waals surface area contributed by atoms with E-state index in [1.165, 1.54) is 5.69 Å². The molecule has 2 aliphatic heterocycles. The minimum absolute atomic E-state index is 0.171. The molecule has 0 bridgehead atoms. The van der Waals surface area contributed by atoms with Gasteiger partial charge in [-0.15, -0.1) is 10.2 Å². The van der Waals surface area contributed by atoms with Gasteiger partial charge in [-0.05, 0) is 12.1 Å². The summed E-state index contributed by atoms with van der Waals surface area (Å²) in [5.74, 6) is 1.97. The number of nitrogens with zero attached hydrogens (tertiary/aromatic N) is 6. The molecule has 6 heteroatoms. The van der Waals surface area contributed by atoms with Gasteiger partial charge in [-0.25, -0.2) is 0 Å². The molecule has 0 spiro atoms. The smallest absolute Gasteiger partial charge is 0.228 e. The fourth-order valence-corrected chi connectivity index (χ4v) is 4.68. The first-order valence-electron chi connectivity index (χ1n) is 10.8. The van der Waals surface area contributed by atoms with Gasteiger partial charge in [0, 0.05) is 55.9 Å². The molecular weight excluding hydrogens is 372 g/mol. The van der Waals surface area contributed by atoms with Crippen LogP contribution in [0, 0.1) is 5.41 Å². The molecule has 0 saturated carbocycles. The maximum absolute atomic E-state index is 4.61. The predicted octanol–water partition coefficient (Wildman–Crippen LogP) is 3.57. The molecule has 3 heterocycles. The molecule has 1 aromatic heterocycles. The molecule has 0 amide bonds. The lowest BCUT2D eigenvalue weighted by molar-refractivity contribution is 0.218. The second-order valence-electron chi connectivity index (χ2n) is 9.22. The van der Waals surface area contributed by atoms with Gasteiger partial charge in [0.1, 0.15) is 0 Å². The molecule has 0 N–H and O–H groups in total. The monoisotopic (exact) mass is 402 g/mol. The van der Waals surface area contributed by atoms with Crippen LogP contribution in [0.15, 0.2) is 60.7 Å². The van der Waals surface area contributed by atoms with Crippen LogP contribution < -0.4 is 9.80 Å². The van der Waals surface area contributed by atoms with E-state index in [0.29, 0.717) is 0 Å². The van der Waals surface area contributed by atoms with E-state index >= 15 is 0 Å². The van der Waals surface area contributed by atoms with Gasteiger partial charge in [-0.1, -0.05) is 62.4 Å². The topological polar surface area (TPSA) is 40.4 Å². The van der Waals surface area contributed by atoms with Crippen molar-refractivity contribution in [1.82, 2.24) is 19.7 Å². The van der Waals surface area contributed by atoms with Crippen molar-refractivity contribution in [1.29, 1.82) is 0 Å². The minimum Gasteiger partial charge on any atom is -0.369 e. The van der Waals surface area contributed by atoms with Crippen molar-refractivity contribution < 1.29 is 0 Å². The van der Waals surface area contributed by atoms with Gasteiger partial charge >= 0.3 is 0 Å². The third-order valence-corrected chi connectivity index (χ3v) is 6.12. The van der Waals surface area contributed by atoms with Gasteiger partial charge in [-0.3, -0.25) is 9.47 Å². The summed E-state index contributed by atoms with van der Waals surface area (Å²) in [6, 6.07) is 21.1. The predicted molar refractivity (Wildman–Crippen MR) is 122 cm³/mol. The summed E-state index contributed by atoms with van der Waals surface area (Å²) < 4.78 is 2.30. The lowest BCUT2D eigenvalue weighted by Gasteiger charge is -2.43. The number of anilines is 2. The van der Waals surface area contributed by atoms with Crippen LogP contribution in [0.5, 0.6) is 0 Å². The molecule has 3 aromatic rings. The normalized spacial score (nSPS) is 19.0. The van der Waals surface area contributed by atoms with Crippen LogP contribution in [0.1, 0.15) is 13.8 Å². The number of hydrogen-bond acceptors (Lipinski definition) is 5. The number of hydrogen-bond donors (Lipinski definition) is 0. The molecule has 1 saturated heterocycles. The van der Waals surface area contributed by atoms with E-state index in [0.717, 1.165) is 63.3 Å². The van der Waals surface area contributed by atoms with Crippen molar-refractivity contribution in [3.8, 4) is 11.4 Å². The third-order valence-electron chi connectivity index (χ3n) is 6.12. The second kappa shape index (κ2) is 7.76. The van der Waals surface area contributed by atoms with Crippen LogP contribution >= 0.6 is 0 Å². The number of para-hydroxylation sites is 1. The molecule has 156 valence electrons. The van der Waals surface area contributed by atoms with Crippen LogP contribution in [0.25, 0.3) is 11.4 Å². The molecule has 0 unspecified atom stereocenters. The van der Waals surface area contributed by atoms with Crippen molar-refractivity contribution in [2.45, 2.75) is 20.4 Å². The molecule has 6 nitrogen and oxygen atoms in total. The minimum atomic E-state index is 0.171. The van der Waals surface area contributed by atoms with Crippen molar-refractivity contribution in [3.05, 3.63) is 60.7 Å². The van der Waals surface area contributed by atoms with Gasteiger partial charge in [0.05, 0.1) is 6.67 Å². The van der Waals surface area contributed by atoms with Gasteiger partial charge in [0.2, 0.25) is 5.95 Å². The lowest BCUT2D eigenvalue weighted by atomic mass is 9.91.